The Morgan fingerprint density at radius 1 is 1.11 bits per heavy atom. The van der Waals surface area contributed by atoms with Gasteiger partial charge in [0.05, 0.1) is 15.7 Å². The Morgan fingerprint density at radius 3 is 2.48 bits per heavy atom. The first-order valence-corrected chi connectivity index (χ1v) is 9.52. The van der Waals surface area contributed by atoms with Crippen LogP contribution in [0, 0.1) is 0 Å². The van der Waals surface area contributed by atoms with Crippen LogP contribution >= 0.6 is 23.2 Å². The molecule has 1 saturated heterocycles. The van der Waals surface area contributed by atoms with Crippen LogP contribution in [0.2, 0.25) is 10.0 Å². The second-order valence-electron chi connectivity index (χ2n) is 6.75. The number of anilines is 2. The van der Waals surface area contributed by atoms with Gasteiger partial charge >= 0.3 is 6.03 Å². The molecular weight excluding hydrogens is 385 g/mol. The molecule has 0 aromatic heterocycles. The summed E-state index contributed by atoms with van der Waals surface area (Å²) in [6, 6.07) is 12.8. The first-order valence-electron chi connectivity index (χ1n) is 8.77. The highest BCUT2D eigenvalue weighted by atomic mass is 35.5. The molecule has 0 saturated carbocycles. The van der Waals surface area contributed by atoms with Gasteiger partial charge in [-0.2, -0.15) is 0 Å². The molecule has 7 heteroatoms. The molecule has 1 aliphatic rings. The van der Waals surface area contributed by atoms with Crippen molar-refractivity contribution in [3.05, 3.63) is 58.1 Å². The second-order valence-corrected chi connectivity index (χ2v) is 7.54. The SMILES string of the molecule is CC(C)c1ccc(N2CCN(CC(=O)Nc3cccc(Cl)c3Cl)C2=O)cc1. The molecular formula is C20H21Cl2N3O2. The number of hydrogen-bond acceptors (Lipinski definition) is 2. The Kier molecular flexibility index (Phi) is 5.92. The summed E-state index contributed by atoms with van der Waals surface area (Å²) < 4.78 is 0. The summed E-state index contributed by atoms with van der Waals surface area (Å²) in [6.45, 7) is 5.25. The van der Waals surface area contributed by atoms with Crippen molar-refractivity contribution >= 4 is 46.5 Å². The van der Waals surface area contributed by atoms with Gasteiger partial charge in [0.15, 0.2) is 0 Å². The van der Waals surface area contributed by atoms with Gasteiger partial charge in [0, 0.05) is 18.8 Å². The van der Waals surface area contributed by atoms with Crippen molar-refractivity contribution < 1.29 is 9.59 Å². The Bertz CT molecular complexity index is 853. The third-order valence-corrected chi connectivity index (χ3v) is 5.35. The van der Waals surface area contributed by atoms with Crippen LogP contribution in [0.4, 0.5) is 16.2 Å². The van der Waals surface area contributed by atoms with Gasteiger partial charge < -0.3 is 10.2 Å². The van der Waals surface area contributed by atoms with Gasteiger partial charge in [-0.05, 0) is 35.7 Å². The standard InChI is InChI=1S/C20H21Cl2N3O2/c1-13(2)14-6-8-15(9-7-14)25-11-10-24(20(25)27)12-18(26)23-17-5-3-4-16(21)19(17)22/h3-9,13H,10-12H2,1-2H3,(H,23,26). The lowest BCUT2D eigenvalue weighted by atomic mass is 10.0. The fourth-order valence-electron chi connectivity index (χ4n) is 2.97. The number of carbonyl (C=O) groups is 2. The van der Waals surface area contributed by atoms with Crippen molar-refractivity contribution in [2.75, 3.05) is 29.9 Å². The summed E-state index contributed by atoms with van der Waals surface area (Å²) in [7, 11) is 0. The summed E-state index contributed by atoms with van der Waals surface area (Å²) in [4.78, 5) is 28.2. The van der Waals surface area contributed by atoms with Crippen LogP contribution in [0.5, 0.6) is 0 Å². The summed E-state index contributed by atoms with van der Waals surface area (Å²) in [5.41, 5.74) is 2.49. The van der Waals surface area contributed by atoms with Crippen molar-refractivity contribution in [3.63, 3.8) is 0 Å². The van der Waals surface area contributed by atoms with E-state index in [4.69, 9.17) is 23.2 Å². The van der Waals surface area contributed by atoms with Crippen molar-refractivity contribution in [2.24, 2.45) is 0 Å². The van der Waals surface area contributed by atoms with Crippen LogP contribution in [-0.2, 0) is 4.79 Å². The van der Waals surface area contributed by atoms with E-state index >= 15 is 0 Å². The molecule has 2 aromatic rings. The fraction of sp³-hybridized carbons (Fsp3) is 0.300. The number of hydrogen-bond donors (Lipinski definition) is 1. The van der Waals surface area contributed by atoms with Gasteiger partial charge in [-0.1, -0.05) is 55.2 Å². The van der Waals surface area contributed by atoms with Gasteiger partial charge in [0.25, 0.3) is 0 Å². The van der Waals surface area contributed by atoms with E-state index in [1.807, 2.05) is 24.3 Å². The van der Waals surface area contributed by atoms with Crippen molar-refractivity contribution in [1.29, 1.82) is 0 Å². The molecule has 142 valence electrons. The van der Waals surface area contributed by atoms with Crippen LogP contribution < -0.4 is 10.2 Å². The lowest BCUT2D eigenvalue weighted by Crippen LogP contribution is -2.37. The molecule has 0 bridgehead atoms. The molecule has 1 N–H and O–H groups in total. The predicted molar refractivity (Wildman–Crippen MR) is 110 cm³/mol. The van der Waals surface area contributed by atoms with E-state index in [1.54, 1.807) is 23.1 Å². The molecule has 2 aromatic carbocycles. The largest absolute Gasteiger partial charge is 0.325 e. The maximum Gasteiger partial charge on any atom is 0.325 e. The van der Waals surface area contributed by atoms with Crippen LogP contribution in [-0.4, -0.2) is 36.5 Å². The predicted octanol–water partition coefficient (Wildman–Crippen LogP) is 5.00. The Hall–Kier alpha value is -2.24. The molecule has 0 aliphatic carbocycles. The molecule has 3 amide bonds. The number of rotatable bonds is 5. The molecule has 0 radical (unpaired) electrons. The molecule has 0 spiro atoms. The highest BCUT2D eigenvalue weighted by molar-refractivity contribution is 6.44. The highest BCUT2D eigenvalue weighted by Gasteiger charge is 2.31. The minimum atomic E-state index is -0.315. The van der Waals surface area contributed by atoms with E-state index in [0.717, 1.165) is 5.69 Å². The van der Waals surface area contributed by atoms with Crippen LogP contribution in [0.1, 0.15) is 25.3 Å². The summed E-state index contributed by atoms with van der Waals surface area (Å²) >= 11 is 12.0. The number of nitrogens with one attached hydrogen (secondary N) is 1. The average Bonchev–Trinajstić information content (AvgIpc) is 2.99. The molecule has 1 heterocycles. The number of carbonyl (C=O) groups excluding carboxylic acids is 2. The van der Waals surface area contributed by atoms with E-state index in [2.05, 4.69) is 19.2 Å². The lowest BCUT2D eigenvalue weighted by Gasteiger charge is -2.19. The van der Waals surface area contributed by atoms with Gasteiger partial charge in [-0.25, -0.2) is 4.79 Å². The normalized spacial score (nSPS) is 14.2. The molecule has 0 unspecified atom stereocenters. The highest BCUT2D eigenvalue weighted by Crippen LogP contribution is 2.29. The number of halogens is 2. The number of benzene rings is 2. The Labute approximate surface area is 168 Å². The van der Waals surface area contributed by atoms with Gasteiger partial charge in [0.2, 0.25) is 5.91 Å². The minimum absolute atomic E-state index is 0.0394. The maximum absolute atomic E-state index is 12.7. The molecule has 1 fully saturated rings. The maximum atomic E-state index is 12.7. The number of nitrogens with zero attached hydrogens (tertiary/aromatic N) is 2. The zero-order chi connectivity index (χ0) is 19.6. The van der Waals surface area contributed by atoms with Gasteiger partial charge in [0.1, 0.15) is 6.54 Å². The zero-order valence-electron chi connectivity index (χ0n) is 15.2. The van der Waals surface area contributed by atoms with Crippen molar-refractivity contribution in [3.8, 4) is 0 Å². The minimum Gasteiger partial charge on any atom is -0.323 e. The monoisotopic (exact) mass is 405 g/mol. The average molecular weight is 406 g/mol. The van der Waals surface area contributed by atoms with Crippen molar-refractivity contribution in [1.82, 2.24) is 4.90 Å². The summed E-state index contributed by atoms with van der Waals surface area (Å²) in [6.07, 6.45) is 0. The third-order valence-electron chi connectivity index (χ3n) is 4.53. The van der Waals surface area contributed by atoms with Crippen LogP contribution in [0.15, 0.2) is 42.5 Å². The zero-order valence-corrected chi connectivity index (χ0v) is 16.7. The van der Waals surface area contributed by atoms with Gasteiger partial charge in [-0.3, -0.25) is 9.69 Å². The Morgan fingerprint density at radius 2 is 1.81 bits per heavy atom. The van der Waals surface area contributed by atoms with Crippen molar-refractivity contribution in [2.45, 2.75) is 19.8 Å². The van der Waals surface area contributed by atoms with E-state index in [0.29, 0.717) is 29.7 Å². The fourth-order valence-corrected chi connectivity index (χ4v) is 3.32. The summed E-state index contributed by atoms with van der Waals surface area (Å²) in [5, 5.41) is 3.35. The molecule has 3 rings (SSSR count). The number of amides is 3. The van der Waals surface area contributed by atoms with Crippen LogP contribution in [0.3, 0.4) is 0 Å². The van der Waals surface area contributed by atoms with Gasteiger partial charge in [-0.15, -0.1) is 0 Å². The second kappa shape index (κ2) is 8.19. The lowest BCUT2D eigenvalue weighted by molar-refractivity contribution is -0.116. The first-order chi connectivity index (χ1) is 12.9. The molecule has 1 aliphatic heterocycles. The Balaban J connectivity index is 1.63. The first kappa shape index (κ1) is 19.5. The summed E-state index contributed by atoms with van der Waals surface area (Å²) in [5.74, 6) is 0.122. The molecule has 27 heavy (non-hydrogen) atoms. The van der Waals surface area contributed by atoms with Crippen LogP contribution in [0.25, 0.3) is 0 Å². The third kappa shape index (κ3) is 4.37. The topological polar surface area (TPSA) is 52.6 Å². The quantitative estimate of drug-likeness (QED) is 0.760. The van der Waals surface area contributed by atoms with E-state index in [-0.39, 0.29) is 23.5 Å². The molecule has 5 nitrogen and oxygen atoms in total. The smallest absolute Gasteiger partial charge is 0.323 e. The van der Waals surface area contributed by atoms with E-state index in [9.17, 15) is 9.59 Å². The van der Waals surface area contributed by atoms with E-state index < -0.39 is 0 Å². The molecule has 0 atom stereocenters. The van der Waals surface area contributed by atoms with E-state index in [1.165, 1.54) is 10.5 Å². The number of urea groups is 1.